The van der Waals surface area contributed by atoms with Gasteiger partial charge in [-0.3, -0.25) is 0 Å². The van der Waals surface area contributed by atoms with E-state index in [2.05, 4.69) is 53.2 Å². The second-order valence-electron chi connectivity index (χ2n) is 6.01. The molecule has 0 fully saturated rings. The van der Waals surface area contributed by atoms with E-state index in [9.17, 15) is 0 Å². The molecule has 2 N–H and O–H groups in total. The zero-order valence-corrected chi connectivity index (χ0v) is 13.5. The molecule has 112 valence electrons. The van der Waals surface area contributed by atoms with E-state index in [1.54, 1.807) is 11.3 Å². The number of aryl methyl sites for hydroxylation is 2. The number of hydrogen-bond acceptors (Lipinski definition) is 4. The number of nitrogens with two attached hydrogens (primary N) is 1. The van der Waals surface area contributed by atoms with Gasteiger partial charge < -0.3 is 10.6 Å². The van der Waals surface area contributed by atoms with Crippen LogP contribution in [0.3, 0.4) is 0 Å². The highest BCUT2D eigenvalue weighted by Gasteiger charge is 2.19. The highest BCUT2D eigenvalue weighted by atomic mass is 32.1. The minimum absolute atomic E-state index is 0.655. The van der Waals surface area contributed by atoms with Crippen molar-refractivity contribution in [2.75, 3.05) is 17.2 Å². The summed E-state index contributed by atoms with van der Waals surface area (Å²) in [7, 11) is 0. The Morgan fingerprint density at radius 1 is 1.27 bits per heavy atom. The average Bonchev–Trinajstić information content (AvgIpc) is 2.84. The summed E-state index contributed by atoms with van der Waals surface area (Å²) >= 11 is 1.58. The lowest BCUT2D eigenvalue weighted by molar-refractivity contribution is 0.692. The largest absolute Gasteiger partial charge is 0.375 e. The number of aromatic nitrogens is 1. The number of nitrogen functional groups attached to an aromatic ring is 1. The molecule has 1 aromatic heterocycles. The molecular formula is C18H19N3S. The van der Waals surface area contributed by atoms with E-state index in [1.165, 1.54) is 33.5 Å². The lowest BCUT2D eigenvalue weighted by atomic mass is 10.0. The fourth-order valence-electron chi connectivity index (χ4n) is 3.29. The summed E-state index contributed by atoms with van der Waals surface area (Å²) in [4.78, 5) is 6.92. The van der Waals surface area contributed by atoms with Gasteiger partial charge >= 0.3 is 0 Å². The Balaban J connectivity index is 1.73. The number of thiazole rings is 1. The first kappa shape index (κ1) is 13.6. The Hall–Kier alpha value is -2.07. The molecule has 0 atom stereocenters. The molecule has 0 aliphatic carbocycles. The lowest BCUT2D eigenvalue weighted by Crippen LogP contribution is -2.28. The summed E-state index contributed by atoms with van der Waals surface area (Å²) in [5.74, 6) is 0. The maximum Gasteiger partial charge on any atom is 0.181 e. The minimum Gasteiger partial charge on any atom is -0.375 e. The van der Waals surface area contributed by atoms with E-state index in [-0.39, 0.29) is 0 Å². The lowest BCUT2D eigenvalue weighted by Gasteiger charge is -2.31. The van der Waals surface area contributed by atoms with Crippen LogP contribution >= 0.6 is 11.3 Å². The number of hydrogen-bond donors (Lipinski definition) is 1. The molecule has 4 heteroatoms. The minimum atomic E-state index is 0.655. The molecule has 0 unspecified atom stereocenters. The summed E-state index contributed by atoms with van der Waals surface area (Å²) < 4.78 is 1.20. The predicted molar refractivity (Wildman–Crippen MR) is 94.6 cm³/mol. The fourth-order valence-corrected chi connectivity index (χ4v) is 4.07. The molecule has 0 amide bonds. The van der Waals surface area contributed by atoms with Crippen molar-refractivity contribution in [3.05, 3.63) is 53.1 Å². The molecule has 4 rings (SSSR count). The van der Waals surface area contributed by atoms with Gasteiger partial charge in [-0.1, -0.05) is 41.2 Å². The van der Waals surface area contributed by atoms with Crippen LogP contribution in [0.25, 0.3) is 10.2 Å². The normalized spacial score (nSPS) is 14.3. The second kappa shape index (κ2) is 5.29. The first-order valence-corrected chi connectivity index (χ1v) is 8.50. The molecule has 0 radical (unpaired) electrons. The summed E-state index contributed by atoms with van der Waals surface area (Å²) in [6.07, 6.45) is 2.35. The first-order chi connectivity index (χ1) is 10.7. The van der Waals surface area contributed by atoms with Gasteiger partial charge in [-0.05, 0) is 43.0 Å². The molecule has 0 saturated heterocycles. The molecule has 1 aliphatic heterocycles. The van der Waals surface area contributed by atoms with Gasteiger partial charge in [-0.15, -0.1) is 0 Å². The molecule has 0 saturated carbocycles. The van der Waals surface area contributed by atoms with Crippen LogP contribution in [0.4, 0.5) is 10.8 Å². The van der Waals surface area contributed by atoms with E-state index < -0.39 is 0 Å². The van der Waals surface area contributed by atoms with Crippen LogP contribution in [0.5, 0.6) is 0 Å². The van der Waals surface area contributed by atoms with Gasteiger partial charge in [0.1, 0.15) is 0 Å². The molecule has 3 nitrogen and oxygen atoms in total. The van der Waals surface area contributed by atoms with Crippen molar-refractivity contribution in [3.8, 4) is 0 Å². The monoisotopic (exact) mass is 309 g/mol. The molecular weight excluding hydrogens is 290 g/mol. The van der Waals surface area contributed by atoms with Crippen molar-refractivity contribution in [1.82, 2.24) is 4.98 Å². The maximum atomic E-state index is 5.86. The van der Waals surface area contributed by atoms with Crippen LogP contribution in [0, 0.1) is 6.92 Å². The number of anilines is 2. The fraction of sp³-hybridized carbons (Fsp3) is 0.278. The number of nitrogens with zero attached hydrogens (tertiary/aromatic N) is 2. The van der Waals surface area contributed by atoms with Crippen LogP contribution in [0.1, 0.15) is 23.1 Å². The van der Waals surface area contributed by atoms with E-state index in [4.69, 9.17) is 5.73 Å². The summed E-state index contributed by atoms with van der Waals surface area (Å²) in [6.45, 7) is 4.21. The second-order valence-corrected chi connectivity index (χ2v) is 7.08. The van der Waals surface area contributed by atoms with Crippen molar-refractivity contribution in [2.24, 2.45) is 0 Å². The Bertz CT molecular complexity index is 837. The number of fused-ring (bicyclic) bond motifs is 2. The molecule has 22 heavy (non-hydrogen) atoms. The molecule has 3 aromatic rings. The van der Waals surface area contributed by atoms with Gasteiger partial charge in [-0.2, -0.15) is 0 Å². The topological polar surface area (TPSA) is 42.1 Å². The van der Waals surface area contributed by atoms with E-state index in [1.807, 2.05) is 0 Å². The predicted octanol–water partition coefficient (Wildman–Crippen LogP) is 4.14. The zero-order valence-electron chi connectivity index (χ0n) is 12.7. The Kier molecular flexibility index (Phi) is 3.26. The number of benzene rings is 2. The van der Waals surface area contributed by atoms with Gasteiger partial charge in [0.25, 0.3) is 0 Å². The van der Waals surface area contributed by atoms with Gasteiger partial charge in [0.15, 0.2) is 5.13 Å². The third-order valence-electron chi connectivity index (χ3n) is 4.28. The maximum absolute atomic E-state index is 5.86. The summed E-state index contributed by atoms with van der Waals surface area (Å²) in [5.41, 5.74) is 12.3. The Labute approximate surface area is 134 Å². The Morgan fingerprint density at radius 3 is 3.05 bits per heavy atom. The smallest absolute Gasteiger partial charge is 0.181 e. The molecule has 0 spiro atoms. The van der Waals surface area contributed by atoms with E-state index >= 15 is 0 Å². The van der Waals surface area contributed by atoms with Crippen molar-refractivity contribution >= 4 is 32.4 Å². The van der Waals surface area contributed by atoms with Crippen molar-refractivity contribution in [3.63, 3.8) is 0 Å². The van der Waals surface area contributed by atoms with E-state index in [0.717, 1.165) is 25.0 Å². The van der Waals surface area contributed by atoms with Gasteiger partial charge in [0.2, 0.25) is 0 Å². The van der Waals surface area contributed by atoms with Crippen molar-refractivity contribution < 1.29 is 0 Å². The third kappa shape index (κ3) is 2.44. The summed E-state index contributed by atoms with van der Waals surface area (Å²) in [5, 5.41) is 0.655. The van der Waals surface area contributed by atoms with Crippen LogP contribution < -0.4 is 10.6 Å². The van der Waals surface area contributed by atoms with Gasteiger partial charge in [0, 0.05) is 18.8 Å². The van der Waals surface area contributed by atoms with Crippen LogP contribution in [-0.4, -0.2) is 11.5 Å². The highest BCUT2D eigenvalue weighted by Crippen LogP contribution is 2.35. The molecule has 1 aliphatic rings. The Morgan fingerprint density at radius 2 is 2.18 bits per heavy atom. The third-order valence-corrected chi connectivity index (χ3v) is 5.12. The molecule has 2 heterocycles. The SMILES string of the molecule is Cc1cccc(CN2CCCc3cc4sc(N)nc4cc32)c1. The van der Waals surface area contributed by atoms with Gasteiger partial charge in [-0.25, -0.2) is 4.98 Å². The van der Waals surface area contributed by atoms with Crippen LogP contribution in [-0.2, 0) is 13.0 Å². The van der Waals surface area contributed by atoms with Crippen LogP contribution in [0.2, 0.25) is 0 Å². The standard InChI is InChI=1S/C18H19N3S/c1-12-4-2-5-13(8-12)11-21-7-3-6-14-9-17-15(10-16(14)21)20-18(19)22-17/h2,4-5,8-10H,3,6-7,11H2,1H3,(H2,19,20). The molecule has 0 bridgehead atoms. The summed E-state index contributed by atoms with van der Waals surface area (Å²) in [6, 6.07) is 13.3. The van der Waals surface area contributed by atoms with E-state index in [0.29, 0.717) is 5.13 Å². The van der Waals surface area contributed by atoms with Gasteiger partial charge in [0.05, 0.1) is 10.2 Å². The van der Waals surface area contributed by atoms with Crippen molar-refractivity contribution in [2.45, 2.75) is 26.3 Å². The zero-order chi connectivity index (χ0) is 15.1. The number of rotatable bonds is 2. The molecule has 2 aromatic carbocycles. The first-order valence-electron chi connectivity index (χ1n) is 7.68. The average molecular weight is 309 g/mol. The van der Waals surface area contributed by atoms with Crippen molar-refractivity contribution in [1.29, 1.82) is 0 Å². The highest BCUT2D eigenvalue weighted by molar-refractivity contribution is 7.22. The van der Waals surface area contributed by atoms with Crippen LogP contribution in [0.15, 0.2) is 36.4 Å². The quantitative estimate of drug-likeness (QED) is 0.773.